The van der Waals surface area contributed by atoms with E-state index in [1.807, 2.05) is 37.3 Å². The van der Waals surface area contributed by atoms with Crippen LogP contribution in [0.5, 0.6) is 0 Å². The summed E-state index contributed by atoms with van der Waals surface area (Å²) >= 11 is 0. The molecule has 35 heavy (non-hydrogen) atoms. The Labute approximate surface area is 202 Å². The molecule has 2 atom stereocenters. The number of amides is 1. The fraction of sp³-hybridized carbons (Fsp3) is 0.360. The van der Waals surface area contributed by atoms with Gasteiger partial charge in [0.05, 0.1) is 24.1 Å². The summed E-state index contributed by atoms with van der Waals surface area (Å²) in [4.78, 5) is 17.0. The molecule has 0 radical (unpaired) electrons. The van der Waals surface area contributed by atoms with Crippen molar-refractivity contribution >= 4 is 22.8 Å². The average molecular weight is 477 g/mol. The van der Waals surface area contributed by atoms with Gasteiger partial charge in [-0.25, -0.2) is 4.98 Å². The molecule has 1 amide bonds. The summed E-state index contributed by atoms with van der Waals surface area (Å²) in [5, 5.41) is 28.6. The maximum Gasteiger partial charge on any atom is 0.273 e. The summed E-state index contributed by atoms with van der Waals surface area (Å²) in [6.07, 6.45) is 2.70. The number of H-pyrrole nitrogens is 1. The Morgan fingerprint density at radius 2 is 2.06 bits per heavy atom. The van der Waals surface area contributed by atoms with E-state index in [9.17, 15) is 9.90 Å². The molecule has 4 heterocycles. The highest BCUT2D eigenvalue weighted by Crippen LogP contribution is 2.33. The minimum absolute atomic E-state index is 0.123. The molecule has 182 valence electrons. The van der Waals surface area contributed by atoms with E-state index in [4.69, 9.17) is 9.26 Å². The molecule has 0 bridgehead atoms. The lowest BCUT2D eigenvalue weighted by atomic mass is 9.99. The van der Waals surface area contributed by atoms with Gasteiger partial charge in [0.25, 0.3) is 5.91 Å². The first-order valence-corrected chi connectivity index (χ1v) is 11.6. The lowest BCUT2D eigenvalue weighted by Crippen LogP contribution is -2.27. The minimum Gasteiger partial charge on any atom is -0.382 e. The number of aromatic nitrogens is 4. The molecule has 5 rings (SSSR count). The van der Waals surface area contributed by atoms with Crippen molar-refractivity contribution in [1.29, 1.82) is 0 Å². The summed E-state index contributed by atoms with van der Waals surface area (Å²) in [5.41, 5.74) is 2.59. The number of hydrogen-bond donors (Lipinski definition) is 4. The van der Waals surface area contributed by atoms with Crippen LogP contribution in [0.15, 0.2) is 47.1 Å². The summed E-state index contributed by atoms with van der Waals surface area (Å²) in [7, 11) is 0. The number of nitrogens with one attached hydrogen (secondary N) is 3. The van der Waals surface area contributed by atoms with Crippen LogP contribution >= 0.6 is 0 Å². The molecule has 10 nitrogen and oxygen atoms in total. The van der Waals surface area contributed by atoms with Crippen molar-refractivity contribution in [2.75, 3.05) is 18.5 Å². The predicted molar refractivity (Wildman–Crippen MR) is 130 cm³/mol. The molecule has 2 unspecified atom stereocenters. The third kappa shape index (κ3) is 4.75. The lowest BCUT2D eigenvalue weighted by molar-refractivity contribution is 0.0474. The lowest BCUT2D eigenvalue weighted by Gasteiger charge is -2.15. The van der Waals surface area contributed by atoms with E-state index in [-0.39, 0.29) is 29.4 Å². The van der Waals surface area contributed by atoms with E-state index in [0.29, 0.717) is 12.3 Å². The molecular formula is C25H28N6O4. The zero-order chi connectivity index (χ0) is 24.6. The topological polar surface area (TPSA) is 138 Å². The number of benzene rings is 1. The van der Waals surface area contributed by atoms with Gasteiger partial charge in [0.1, 0.15) is 5.60 Å². The van der Waals surface area contributed by atoms with E-state index in [1.54, 1.807) is 20.0 Å². The second-order valence-corrected chi connectivity index (χ2v) is 9.31. The number of hydrogen-bond acceptors (Lipinski definition) is 8. The van der Waals surface area contributed by atoms with Crippen LogP contribution in [0, 0.1) is 0 Å². The Morgan fingerprint density at radius 3 is 2.74 bits per heavy atom. The van der Waals surface area contributed by atoms with Crippen LogP contribution in [0.3, 0.4) is 0 Å². The summed E-state index contributed by atoms with van der Waals surface area (Å²) in [5.74, 6) is 0.625. The summed E-state index contributed by atoms with van der Waals surface area (Å²) in [6.45, 7) is 6.45. The van der Waals surface area contributed by atoms with E-state index in [2.05, 4.69) is 31.0 Å². The SMILES string of the molecule is CC(NC(=O)c1cc(C(C)(C)O)on1)c1ccc(-c2ccnc3[nH]nc(NC4CCOC4)c23)cc1. The zero-order valence-electron chi connectivity index (χ0n) is 19.8. The van der Waals surface area contributed by atoms with E-state index >= 15 is 0 Å². The fourth-order valence-electron chi connectivity index (χ4n) is 4.11. The number of fused-ring (bicyclic) bond motifs is 1. The van der Waals surface area contributed by atoms with Crippen molar-refractivity contribution in [2.24, 2.45) is 0 Å². The molecule has 4 N–H and O–H groups in total. The molecule has 4 aromatic rings. The molecule has 0 saturated carbocycles. The smallest absolute Gasteiger partial charge is 0.273 e. The average Bonchev–Trinajstić information content (AvgIpc) is 3.60. The highest BCUT2D eigenvalue weighted by molar-refractivity contribution is 6.00. The van der Waals surface area contributed by atoms with Gasteiger partial charge in [0.2, 0.25) is 0 Å². The van der Waals surface area contributed by atoms with Crippen molar-refractivity contribution in [3.8, 4) is 11.1 Å². The Bertz CT molecular complexity index is 1330. The van der Waals surface area contributed by atoms with E-state index < -0.39 is 5.60 Å². The normalized spacial score (nSPS) is 17.0. The molecule has 1 aliphatic rings. The van der Waals surface area contributed by atoms with Gasteiger partial charge in [-0.2, -0.15) is 5.10 Å². The van der Waals surface area contributed by atoms with Gasteiger partial charge in [-0.15, -0.1) is 0 Å². The summed E-state index contributed by atoms with van der Waals surface area (Å²) in [6, 6.07) is 11.4. The van der Waals surface area contributed by atoms with Crippen molar-refractivity contribution in [1.82, 2.24) is 25.7 Å². The van der Waals surface area contributed by atoms with Crippen LogP contribution in [0.25, 0.3) is 22.2 Å². The molecular weight excluding hydrogens is 448 g/mol. The van der Waals surface area contributed by atoms with Gasteiger partial charge >= 0.3 is 0 Å². The Balaban J connectivity index is 1.33. The van der Waals surface area contributed by atoms with Crippen LogP contribution in [0.2, 0.25) is 0 Å². The number of rotatable bonds is 7. The summed E-state index contributed by atoms with van der Waals surface area (Å²) < 4.78 is 10.6. The maximum absolute atomic E-state index is 12.6. The van der Waals surface area contributed by atoms with Crippen molar-refractivity contribution in [3.05, 3.63) is 59.6 Å². The number of aromatic amines is 1. The largest absolute Gasteiger partial charge is 0.382 e. The molecule has 1 aromatic carbocycles. The Kier molecular flexibility index (Phi) is 6.00. The maximum atomic E-state index is 12.6. The van der Waals surface area contributed by atoms with Crippen LogP contribution in [0.1, 0.15) is 55.0 Å². The van der Waals surface area contributed by atoms with Crippen molar-refractivity contribution in [2.45, 2.75) is 44.9 Å². The second-order valence-electron chi connectivity index (χ2n) is 9.31. The van der Waals surface area contributed by atoms with Gasteiger partial charge in [0.15, 0.2) is 22.9 Å². The molecule has 3 aromatic heterocycles. The third-order valence-electron chi connectivity index (χ3n) is 6.15. The Hall–Kier alpha value is -3.76. The van der Waals surface area contributed by atoms with Crippen LogP contribution in [-0.4, -0.2) is 50.6 Å². The molecule has 0 aliphatic carbocycles. The van der Waals surface area contributed by atoms with Gasteiger partial charge in [-0.1, -0.05) is 29.4 Å². The number of pyridine rings is 1. The van der Waals surface area contributed by atoms with Gasteiger partial charge < -0.3 is 25.0 Å². The number of carbonyl (C=O) groups is 1. The van der Waals surface area contributed by atoms with E-state index in [1.165, 1.54) is 6.07 Å². The fourth-order valence-corrected chi connectivity index (χ4v) is 4.11. The van der Waals surface area contributed by atoms with Crippen molar-refractivity contribution in [3.63, 3.8) is 0 Å². The third-order valence-corrected chi connectivity index (χ3v) is 6.15. The van der Waals surface area contributed by atoms with Crippen molar-refractivity contribution < 1.29 is 19.2 Å². The second kappa shape index (κ2) is 9.12. The monoisotopic (exact) mass is 476 g/mol. The van der Waals surface area contributed by atoms with Gasteiger partial charge in [0, 0.05) is 18.9 Å². The molecule has 1 fully saturated rings. The Morgan fingerprint density at radius 1 is 1.26 bits per heavy atom. The highest BCUT2D eigenvalue weighted by atomic mass is 16.5. The van der Waals surface area contributed by atoms with Gasteiger partial charge in [-0.05, 0) is 49.9 Å². The number of ether oxygens (including phenoxy) is 1. The molecule has 10 heteroatoms. The standard InChI is InChI=1S/C25H28N6O4/c1-14(27-24(32)19-12-20(35-31-19)25(2,3)33)15-4-6-16(7-5-15)18-8-10-26-22-21(18)23(30-29-22)28-17-9-11-34-13-17/h4-8,10,12,14,17,33H,9,11,13H2,1-3H3,(H,27,32)(H2,26,28,29,30). The van der Waals surface area contributed by atoms with Crippen LogP contribution < -0.4 is 10.6 Å². The van der Waals surface area contributed by atoms with Gasteiger partial charge in [-0.3, -0.25) is 9.89 Å². The first kappa shape index (κ1) is 23.0. The quantitative estimate of drug-likeness (QED) is 0.318. The van der Waals surface area contributed by atoms with Crippen LogP contribution in [0.4, 0.5) is 5.82 Å². The first-order valence-electron chi connectivity index (χ1n) is 11.6. The van der Waals surface area contributed by atoms with Crippen LogP contribution in [-0.2, 0) is 10.3 Å². The first-order chi connectivity index (χ1) is 16.8. The number of carbonyl (C=O) groups excluding carboxylic acids is 1. The number of nitrogens with zero attached hydrogens (tertiary/aromatic N) is 3. The van der Waals surface area contributed by atoms with E-state index in [0.717, 1.165) is 40.9 Å². The minimum atomic E-state index is -1.21. The predicted octanol–water partition coefficient (Wildman–Crippen LogP) is 3.53. The molecule has 0 spiro atoms. The number of anilines is 1. The number of aliphatic hydroxyl groups is 1. The molecule has 1 saturated heterocycles. The highest BCUT2D eigenvalue weighted by Gasteiger charge is 2.25. The molecule has 1 aliphatic heterocycles. The zero-order valence-corrected chi connectivity index (χ0v) is 19.8.